The van der Waals surface area contributed by atoms with E-state index in [1.54, 1.807) is 0 Å². The number of rotatable bonds is 0. The van der Waals surface area contributed by atoms with Crippen LogP contribution >= 0.6 is 10.7 Å². The number of hydrogen-bond donors (Lipinski definition) is 0. The van der Waals surface area contributed by atoms with Crippen molar-refractivity contribution in [2.75, 3.05) is 0 Å². The van der Waals surface area contributed by atoms with Gasteiger partial charge in [0.15, 0.2) is 0 Å². The summed E-state index contributed by atoms with van der Waals surface area (Å²) in [7, 11) is 5.66. The van der Waals surface area contributed by atoms with E-state index in [0.717, 1.165) is 5.69 Å². The van der Waals surface area contributed by atoms with E-state index in [1.807, 2.05) is 18.2 Å². The van der Waals surface area contributed by atoms with Gasteiger partial charge >= 0.3 is 71.6 Å². The van der Waals surface area contributed by atoms with Gasteiger partial charge in [0, 0.05) is 0 Å². The number of nitrogens with zero attached hydrogens (tertiary/aromatic N) is 1. The van der Waals surface area contributed by atoms with Crippen LogP contribution in [-0.4, -0.2) is 13.8 Å². The van der Waals surface area contributed by atoms with Crippen molar-refractivity contribution >= 4 is 43.0 Å². The van der Waals surface area contributed by atoms with E-state index in [4.69, 9.17) is 10.7 Å². The zero-order valence-electron chi connectivity index (χ0n) is 4.95. The van der Waals surface area contributed by atoms with Crippen molar-refractivity contribution in [3.05, 3.63) is 24.3 Å². The van der Waals surface area contributed by atoms with Crippen molar-refractivity contribution in [3.63, 3.8) is 0 Å². The molecular formula is C6H4ClNSSe. The molecule has 52 valence electrons. The summed E-state index contributed by atoms with van der Waals surface area (Å²) in [4.78, 5) is 0. The molecule has 2 rings (SSSR count). The maximum absolute atomic E-state index is 5.87. The second-order valence-corrected chi connectivity index (χ2v) is 8.69. The molecule has 1 heterocycles. The van der Waals surface area contributed by atoms with Crippen LogP contribution in [0.2, 0.25) is 0 Å². The summed E-state index contributed by atoms with van der Waals surface area (Å²) in [6.07, 6.45) is 0. The molecule has 0 aliphatic carbocycles. The molecule has 0 N–H and O–H groups in total. The summed E-state index contributed by atoms with van der Waals surface area (Å²) in [5.74, 6) is 0. The average molecular weight is 237 g/mol. The van der Waals surface area contributed by atoms with Gasteiger partial charge in [-0.15, -0.1) is 0 Å². The van der Waals surface area contributed by atoms with Crippen LogP contribution in [-0.2, 0) is 8.32 Å². The fourth-order valence-electron chi connectivity index (χ4n) is 0.773. The molecule has 1 unspecified atom stereocenters. The SMILES string of the molecule is ClS1=Nc2ccccc2[Se]1. The van der Waals surface area contributed by atoms with Crippen LogP contribution in [0.25, 0.3) is 0 Å². The van der Waals surface area contributed by atoms with Gasteiger partial charge in [0.25, 0.3) is 0 Å². The van der Waals surface area contributed by atoms with Gasteiger partial charge in [0.05, 0.1) is 0 Å². The van der Waals surface area contributed by atoms with Gasteiger partial charge in [0.1, 0.15) is 0 Å². The van der Waals surface area contributed by atoms with E-state index in [1.165, 1.54) is 4.46 Å². The first-order valence-electron chi connectivity index (χ1n) is 2.76. The maximum atomic E-state index is 5.87. The predicted octanol–water partition coefficient (Wildman–Crippen LogP) is 1.53. The Morgan fingerprint density at radius 3 is 3.00 bits per heavy atom. The predicted molar refractivity (Wildman–Crippen MR) is 47.1 cm³/mol. The molecule has 0 aromatic heterocycles. The summed E-state index contributed by atoms with van der Waals surface area (Å²) in [6.45, 7) is 0. The number of benzene rings is 1. The van der Waals surface area contributed by atoms with Crippen LogP contribution < -0.4 is 4.46 Å². The standard InChI is InChI=1S/C6H4ClNSSe/c7-9-8-5-3-1-2-4-6(5)10-9/h1-4H. The van der Waals surface area contributed by atoms with Crippen molar-refractivity contribution < 1.29 is 0 Å². The number of halogens is 1. The Morgan fingerprint density at radius 2 is 2.20 bits per heavy atom. The minimum atomic E-state index is -0.210. The van der Waals surface area contributed by atoms with Gasteiger partial charge in [-0.05, 0) is 0 Å². The van der Waals surface area contributed by atoms with E-state index in [9.17, 15) is 0 Å². The third kappa shape index (κ3) is 1.15. The summed E-state index contributed by atoms with van der Waals surface area (Å²) in [6, 6.07) is 8.16. The molecule has 0 bridgehead atoms. The first kappa shape index (κ1) is 6.86. The molecule has 4 heteroatoms. The van der Waals surface area contributed by atoms with Crippen molar-refractivity contribution in [1.29, 1.82) is 0 Å². The fraction of sp³-hybridized carbons (Fsp3) is 0. The molecule has 1 aliphatic rings. The van der Waals surface area contributed by atoms with Crippen LogP contribution in [0.1, 0.15) is 0 Å². The number of fused-ring (bicyclic) bond motifs is 1. The van der Waals surface area contributed by atoms with E-state index in [2.05, 4.69) is 10.4 Å². The zero-order chi connectivity index (χ0) is 6.97. The molecule has 0 saturated heterocycles. The normalized spacial score (nSPS) is 21.9. The molecule has 0 fully saturated rings. The molecule has 0 radical (unpaired) electrons. The van der Waals surface area contributed by atoms with Crippen molar-refractivity contribution in [3.8, 4) is 0 Å². The molecule has 0 saturated carbocycles. The monoisotopic (exact) mass is 237 g/mol. The minimum absolute atomic E-state index is 0.210. The Kier molecular flexibility index (Phi) is 1.83. The van der Waals surface area contributed by atoms with E-state index < -0.39 is 0 Å². The second kappa shape index (κ2) is 2.67. The summed E-state index contributed by atoms with van der Waals surface area (Å²) >= 11 is 0.387. The average Bonchev–Trinajstić information content (AvgIpc) is 2.27. The molecule has 1 aromatic carbocycles. The Labute approximate surface area is 71.6 Å². The van der Waals surface area contributed by atoms with E-state index in [0.29, 0.717) is 13.8 Å². The van der Waals surface area contributed by atoms with Gasteiger partial charge in [-0.1, -0.05) is 0 Å². The Balaban J connectivity index is 2.54. The van der Waals surface area contributed by atoms with Crippen molar-refractivity contribution in [2.24, 2.45) is 4.36 Å². The quantitative estimate of drug-likeness (QED) is 0.606. The van der Waals surface area contributed by atoms with Crippen LogP contribution in [0.15, 0.2) is 28.6 Å². The first-order chi connectivity index (χ1) is 4.86. The molecule has 1 nitrogen and oxygen atoms in total. The molecule has 0 spiro atoms. The first-order valence-corrected chi connectivity index (χ1v) is 7.65. The van der Waals surface area contributed by atoms with Gasteiger partial charge in [-0.2, -0.15) is 0 Å². The summed E-state index contributed by atoms with van der Waals surface area (Å²) in [5.41, 5.74) is 1.10. The van der Waals surface area contributed by atoms with Crippen LogP contribution in [0.4, 0.5) is 5.69 Å². The van der Waals surface area contributed by atoms with Gasteiger partial charge in [-0.25, -0.2) is 0 Å². The Bertz CT molecular complexity index is 300. The zero-order valence-corrected chi connectivity index (χ0v) is 8.24. The third-order valence-corrected chi connectivity index (χ3v) is 6.23. The van der Waals surface area contributed by atoms with Gasteiger partial charge in [-0.3, -0.25) is 0 Å². The molecule has 1 aliphatic heterocycles. The van der Waals surface area contributed by atoms with Gasteiger partial charge < -0.3 is 0 Å². The topological polar surface area (TPSA) is 12.4 Å². The Morgan fingerprint density at radius 1 is 1.40 bits per heavy atom. The van der Waals surface area contributed by atoms with Gasteiger partial charge in [0.2, 0.25) is 0 Å². The molecule has 1 atom stereocenters. The second-order valence-electron chi connectivity index (χ2n) is 1.85. The number of hydrogen-bond acceptors (Lipinski definition) is 1. The van der Waals surface area contributed by atoms with Crippen LogP contribution in [0, 0.1) is 0 Å². The van der Waals surface area contributed by atoms with Crippen molar-refractivity contribution in [2.45, 2.75) is 0 Å². The van der Waals surface area contributed by atoms with Crippen LogP contribution in [0.5, 0.6) is 0 Å². The summed E-state index contributed by atoms with van der Waals surface area (Å²) < 4.78 is 5.61. The molecule has 1 aromatic rings. The summed E-state index contributed by atoms with van der Waals surface area (Å²) in [5, 5.41) is 0. The van der Waals surface area contributed by atoms with E-state index >= 15 is 0 Å². The van der Waals surface area contributed by atoms with E-state index in [-0.39, 0.29) is 8.32 Å². The van der Waals surface area contributed by atoms with Crippen molar-refractivity contribution in [1.82, 2.24) is 0 Å². The Hall–Kier alpha value is 0.179. The molecular weight excluding hydrogens is 233 g/mol. The molecule has 0 amide bonds. The third-order valence-electron chi connectivity index (χ3n) is 1.19. The fourth-order valence-corrected chi connectivity index (χ4v) is 5.79. The van der Waals surface area contributed by atoms with Crippen LogP contribution in [0.3, 0.4) is 0 Å². The molecule has 10 heavy (non-hydrogen) atoms.